The predicted octanol–water partition coefficient (Wildman–Crippen LogP) is 1.75. The third-order valence-electron chi connectivity index (χ3n) is 4.65. The Kier molecular flexibility index (Phi) is 4.82. The van der Waals surface area contributed by atoms with Crippen LogP contribution >= 0.6 is 0 Å². The summed E-state index contributed by atoms with van der Waals surface area (Å²) < 4.78 is 18.7. The molecule has 2 aliphatic heterocycles. The number of carbonyl (C=O) groups excluding carboxylic acids is 1. The number of rotatable bonds is 4. The SMILES string of the molecule is CC(NC1CCOC1=O)c1cc(F)ccc1N1CCC(O)CC1. The van der Waals surface area contributed by atoms with E-state index in [1.54, 1.807) is 6.07 Å². The second kappa shape index (κ2) is 6.84. The highest BCUT2D eigenvalue weighted by Crippen LogP contribution is 2.30. The number of ether oxygens (including phenoxy) is 1. The molecule has 0 aromatic heterocycles. The van der Waals surface area contributed by atoms with E-state index < -0.39 is 0 Å². The zero-order valence-corrected chi connectivity index (χ0v) is 13.3. The van der Waals surface area contributed by atoms with Gasteiger partial charge in [0.25, 0.3) is 0 Å². The normalized spacial score (nSPS) is 23.9. The molecule has 0 bridgehead atoms. The smallest absolute Gasteiger partial charge is 0.323 e. The van der Waals surface area contributed by atoms with Crippen molar-refractivity contribution in [1.82, 2.24) is 5.32 Å². The van der Waals surface area contributed by atoms with E-state index >= 15 is 0 Å². The van der Waals surface area contributed by atoms with Crippen molar-refractivity contribution in [3.05, 3.63) is 29.6 Å². The largest absolute Gasteiger partial charge is 0.464 e. The van der Waals surface area contributed by atoms with Gasteiger partial charge >= 0.3 is 5.97 Å². The lowest BCUT2D eigenvalue weighted by molar-refractivity contribution is -0.139. The standard InChI is InChI=1S/C17H23FN2O3/c1-11(19-15-6-9-23-17(15)22)14-10-12(18)2-3-16(14)20-7-4-13(21)5-8-20/h2-3,10-11,13,15,19,21H,4-9H2,1H3. The fourth-order valence-corrected chi connectivity index (χ4v) is 3.31. The molecule has 2 aliphatic rings. The number of cyclic esters (lactones) is 1. The Morgan fingerprint density at radius 3 is 2.74 bits per heavy atom. The van der Waals surface area contributed by atoms with Gasteiger partial charge in [-0.3, -0.25) is 10.1 Å². The van der Waals surface area contributed by atoms with Crippen molar-refractivity contribution in [2.24, 2.45) is 0 Å². The molecule has 0 saturated carbocycles. The summed E-state index contributed by atoms with van der Waals surface area (Å²) in [6.45, 7) is 3.86. The molecule has 2 saturated heterocycles. The van der Waals surface area contributed by atoms with Crippen LogP contribution in [0.2, 0.25) is 0 Å². The van der Waals surface area contributed by atoms with Gasteiger partial charge in [0.2, 0.25) is 0 Å². The van der Waals surface area contributed by atoms with Gasteiger partial charge in [-0.25, -0.2) is 4.39 Å². The Bertz CT molecular complexity index is 573. The molecular weight excluding hydrogens is 299 g/mol. The van der Waals surface area contributed by atoms with Gasteiger partial charge in [-0.05, 0) is 43.5 Å². The zero-order valence-electron chi connectivity index (χ0n) is 13.3. The Labute approximate surface area is 135 Å². The molecule has 2 fully saturated rings. The first-order valence-electron chi connectivity index (χ1n) is 8.19. The first kappa shape index (κ1) is 16.2. The molecule has 2 heterocycles. The molecular formula is C17H23FN2O3. The number of nitrogens with zero attached hydrogens (tertiary/aromatic N) is 1. The fourth-order valence-electron chi connectivity index (χ4n) is 3.31. The van der Waals surface area contributed by atoms with E-state index in [0.717, 1.165) is 24.3 Å². The molecule has 1 aromatic rings. The molecule has 5 nitrogen and oxygen atoms in total. The maximum Gasteiger partial charge on any atom is 0.323 e. The first-order chi connectivity index (χ1) is 11.0. The van der Waals surface area contributed by atoms with Crippen LogP contribution in [0, 0.1) is 5.82 Å². The zero-order chi connectivity index (χ0) is 16.4. The molecule has 23 heavy (non-hydrogen) atoms. The van der Waals surface area contributed by atoms with Gasteiger partial charge in [0.1, 0.15) is 11.9 Å². The summed E-state index contributed by atoms with van der Waals surface area (Å²) in [4.78, 5) is 13.8. The summed E-state index contributed by atoms with van der Waals surface area (Å²) in [5.41, 5.74) is 1.80. The van der Waals surface area contributed by atoms with Crippen LogP contribution in [-0.4, -0.2) is 42.9 Å². The maximum absolute atomic E-state index is 13.7. The number of nitrogens with one attached hydrogen (secondary N) is 1. The van der Waals surface area contributed by atoms with E-state index in [-0.39, 0.29) is 30.0 Å². The Balaban J connectivity index is 1.79. The monoisotopic (exact) mass is 322 g/mol. The van der Waals surface area contributed by atoms with Crippen LogP contribution in [0.3, 0.4) is 0 Å². The van der Waals surface area contributed by atoms with Crippen LogP contribution in [0.15, 0.2) is 18.2 Å². The molecule has 0 aliphatic carbocycles. The highest BCUT2D eigenvalue weighted by molar-refractivity contribution is 5.77. The number of anilines is 1. The Hall–Kier alpha value is -1.66. The van der Waals surface area contributed by atoms with Gasteiger partial charge < -0.3 is 14.7 Å². The highest BCUT2D eigenvalue weighted by Gasteiger charge is 2.29. The number of hydrogen-bond donors (Lipinski definition) is 2. The first-order valence-corrected chi connectivity index (χ1v) is 8.19. The van der Waals surface area contributed by atoms with Gasteiger partial charge in [0.15, 0.2) is 0 Å². The van der Waals surface area contributed by atoms with Crippen LogP contribution in [0.25, 0.3) is 0 Å². The average molecular weight is 322 g/mol. The van der Waals surface area contributed by atoms with E-state index in [0.29, 0.717) is 25.9 Å². The minimum atomic E-state index is -0.329. The Morgan fingerprint density at radius 1 is 1.35 bits per heavy atom. The summed E-state index contributed by atoms with van der Waals surface area (Å²) in [5.74, 6) is -0.528. The number of carbonyl (C=O) groups is 1. The van der Waals surface area contributed by atoms with Crippen molar-refractivity contribution in [2.45, 2.75) is 44.4 Å². The molecule has 2 atom stereocenters. The summed E-state index contributed by atoms with van der Waals surface area (Å²) in [7, 11) is 0. The van der Waals surface area contributed by atoms with Gasteiger partial charge in [0.05, 0.1) is 12.7 Å². The Morgan fingerprint density at radius 2 is 2.09 bits per heavy atom. The lowest BCUT2D eigenvalue weighted by Gasteiger charge is -2.34. The van der Waals surface area contributed by atoms with E-state index in [1.165, 1.54) is 12.1 Å². The van der Waals surface area contributed by atoms with Crippen LogP contribution in [0.4, 0.5) is 10.1 Å². The van der Waals surface area contributed by atoms with Crippen molar-refractivity contribution in [3.8, 4) is 0 Å². The lowest BCUT2D eigenvalue weighted by atomic mass is 10.0. The second-order valence-electron chi connectivity index (χ2n) is 6.32. The third-order valence-corrected chi connectivity index (χ3v) is 4.65. The molecule has 0 amide bonds. The molecule has 6 heteroatoms. The van der Waals surface area contributed by atoms with E-state index in [2.05, 4.69) is 10.2 Å². The van der Waals surface area contributed by atoms with Crippen LogP contribution in [0.1, 0.15) is 37.8 Å². The molecule has 0 spiro atoms. The topological polar surface area (TPSA) is 61.8 Å². The molecule has 3 rings (SSSR count). The van der Waals surface area contributed by atoms with Gasteiger partial charge in [-0.2, -0.15) is 0 Å². The molecule has 2 N–H and O–H groups in total. The number of esters is 1. The number of piperidine rings is 1. The van der Waals surface area contributed by atoms with Crippen LogP contribution < -0.4 is 10.2 Å². The number of aliphatic hydroxyl groups excluding tert-OH is 1. The van der Waals surface area contributed by atoms with Gasteiger partial charge in [0, 0.05) is 31.2 Å². The molecule has 2 unspecified atom stereocenters. The van der Waals surface area contributed by atoms with Crippen molar-refractivity contribution in [3.63, 3.8) is 0 Å². The maximum atomic E-state index is 13.7. The van der Waals surface area contributed by atoms with Gasteiger partial charge in [-0.15, -0.1) is 0 Å². The summed E-state index contributed by atoms with van der Waals surface area (Å²) in [5, 5.41) is 12.9. The number of hydrogen-bond acceptors (Lipinski definition) is 5. The van der Waals surface area contributed by atoms with Crippen molar-refractivity contribution < 1.29 is 19.0 Å². The van der Waals surface area contributed by atoms with E-state index in [1.807, 2.05) is 6.92 Å². The summed E-state index contributed by atoms with van der Waals surface area (Å²) >= 11 is 0. The minimum Gasteiger partial charge on any atom is -0.464 e. The molecule has 126 valence electrons. The summed E-state index contributed by atoms with van der Waals surface area (Å²) in [6.07, 6.45) is 1.82. The van der Waals surface area contributed by atoms with Crippen molar-refractivity contribution in [1.29, 1.82) is 0 Å². The molecule has 0 radical (unpaired) electrons. The second-order valence-corrected chi connectivity index (χ2v) is 6.32. The minimum absolute atomic E-state index is 0.164. The van der Waals surface area contributed by atoms with Gasteiger partial charge in [-0.1, -0.05) is 0 Å². The van der Waals surface area contributed by atoms with E-state index in [9.17, 15) is 14.3 Å². The fraction of sp³-hybridized carbons (Fsp3) is 0.588. The predicted molar refractivity (Wildman–Crippen MR) is 84.8 cm³/mol. The lowest BCUT2D eigenvalue weighted by Crippen LogP contribution is -2.38. The third kappa shape index (κ3) is 3.64. The van der Waals surface area contributed by atoms with Crippen molar-refractivity contribution in [2.75, 3.05) is 24.6 Å². The number of aliphatic hydroxyl groups is 1. The molecule has 1 aromatic carbocycles. The highest BCUT2D eigenvalue weighted by atomic mass is 19.1. The van der Waals surface area contributed by atoms with Crippen LogP contribution in [-0.2, 0) is 9.53 Å². The number of halogens is 1. The van der Waals surface area contributed by atoms with Crippen LogP contribution in [0.5, 0.6) is 0 Å². The quantitative estimate of drug-likeness (QED) is 0.827. The van der Waals surface area contributed by atoms with E-state index in [4.69, 9.17) is 4.74 Å². The van der Waals surface area contributed by atoms with Crippen molar-refractivity contribution >= 4 is 11.7 Å². The average Bonchev–Trinajstić information content (AvgIpc) is 2.93. The number of benzene rings is 1. The summed E-state index contributed by atoms with van der Waals surface area (Å²) in [6, 6.07) is 4.28.